The van der Waals surface area contributed by atoms with Crippen LogP contribution in [0.25, 0.3) is 0 Å². The molecule has 0 aromatic rings. The summed E-state index contributed by atoms with van der Waals surface area (Å²) in [6.07, 6.45) is 2.77. The lowest BCUT2D eigenvalue weighted by atomic mass is 9.90. The fraction of sp³-hybridized carbons (Fsp3) is 0.300. The van der Waals surface area contributed by atoms with Crippen molar-refractivity contribution in [2.24, 2.45) is 0 Å². The van der Waals surface area contributed by atoms with Crippen LogP contribution in [0.2, 0.25) is 0 Å². The van der Waals surface area contributed by atoms with Crippen molar-refractivity contribution in [3.63, 3.8) is 0 Å². The Morgan fingerprint density at radius 1 is 1.21 bits per heavy atom. The average molecular weight is 192 g/mol. The van der Waals surface area contributed by atoms with E-state index >= 15 is 0 Å². The SMILES string of the molecule is O=CC1CC2=C(CO1)C(=O)C=CC2=O. The lowest BCUT2D eigenvalue weighted by Crippen LogP contribution is -2.30. The van der Waals surface area contributed by atoms with Gasteiger partial charge in [0, 0.05) is 17.6 Å². The maximum absolute atomic E-state index is 11.4. The van der Waals surface area contributed by atoms with Crippen LogP contribution in [0.1, 0.15) is 6.42 Å². The third-order valence-corrected chi connectivity index (χ3v) is 2.34. The fourth-order valence-electron chi connectivity index (χ4n) is 1.57. The highest BCUT2D eigenvalue weighted by atomic mass is 16.5. The minimum atomic E-state index is -0.586. The summed E-state index contributed by atoms with van der Waals surface area (Å²) in [5, 5.41) is 0. The Morgan fingerprint density at radius 2 is 1.86 bits per heavy atom. The van der Waals surface area contributed by atoms with Crippen molar-refractivity contribution in [2.45, 2.75) is 12.5 Å². The van der Waals surface area contributed by atoms with Gasteiger partial charge in [0.05, 0.1) is 6.61 Å². The number of ketones is 2. The lowest BCUT2D eigenvalue weighted by molar-refractivity contribution is -0.122. The molecule has 1 atom stereocenters. The van der Waals surface area contributed by atoms with E-state index < -0.39 is 6.10 Å². The highest BCUT2D eigenvalue weighted by Gasteiger charge is 2.29. The van der Waals surface area contributed by atoms with Gasteiger partial charge in [0.2, 0.25) is 0 Å². The number of hydrogen-bond acceptors (Lipinski definition) is 4. The summed E-state index contributed by atoms with van der Waals surface area (Å²) in [7, 11) is 0. The molecule has 0 saturated heterocycles. The van der Waals surface area contributed by atoms with Gasteiger partial charge in [-0.1, -0.05) is 0 Å². The second-order valence-electron chi connectivity index (χ2n) is 3.21. The number of aldehydes is 1. The van der Waals surface area contributed by atoms with Gasteiger partial charge in [-0.15, -0.1) is 0 Å². The van der Waals surface area contributed by atoms with E-state index in [0.717, 1.165) is 0 Å². The Labute approximate surface area is 80.2 Å². The molecule has 0 aromatic heterocycles. The molecule has 0 spiro atoms. The van der Waals surface area contributed by atoms with Gasteiger partial charge < -0.3 is 9.53 Å². The molecule has 0 amide bonds. The molecule has 1 unspecified atom stereocenters. The minimum Gasteiger partial charge on any atom is -0.366 e. The van der Waals surface area contributed by atoms with Gasteiger partial charge in [0.1, 0.15) is 12.4 Å². The van der Waals surface area contributed by atoms with E-state index in [1.54, 1.807) is 0 Å². The lowest BCUT2D eigenvalue weighted by Gasteiger charge is -2.23. The number of ether oxygens (including phenoxy) is 1. The molecule has 0 N–H and O–H groups in total. The topological polar surface area (TPSA) is 60.4 Å². The predicted octanol–water partition coefficient (Wildman–Crippen LogP) is -0.0212. The van der Waals surface area contributed by atoms with Crippen molar-refractivity contribution in [1.82, 2.24) is 0 Å². The molecule has 0 fully saturated rings. The number of carbonyl (C=O) groups is 3. The molecular formula is C10H8O4. The quantitative estimate of drug-likeness (QED) is 0.432. The summed E-state index contributed by atoms with van der Waals surface area (Å²) in [5.41, 5.74) is 0.830. The molecule has 0 radical (unpaired) electrons. The molecule has 0 aromatic carbocycles. The van der Waals surface area contributed by atoms with Crippen LogP contribution in [0.5, 0.6) is 0 Å². The van der Waals surface area contributed by atoms with Gasteiger partial charge in [0.25, 0.3) is 0 Å². The third-order valence-electron chi connectivity index (χ3n) is 2.34. The minimum absolute atomic E-state index is 0.0631. The van der Waals surface area contributed by atoms with Gasteiger partial charge in [0.15, 0.2) is 11.6 Å². The van der Waals surface area contributed by atoms with E-state index in [1.165, 1.54) is 12.2 Å². The first-order valence-electron chi connectivity index (χ1n) is 4.28. The summed E-state index contributed by atoms with van der Waals surface area (Å²) in [6.45, 7) is 0.0631. The second kappa shape index (κ2) is 3.31. The van der Waals surface area contributed by atoms with Crippen molar-refractivity contribution < 1.29 is 19.1 Å². The van der Waals surface area contributed by atoms with Crippen LogP contribution >= 0.6 is 0 Å². The maximum Gasteiger partial charge on any atom is 0.184 e. The van der Waals surface area contributed by atoms with E-state index in [9.17, 15) is 14.4 Å². The molecule has 14 heavy (non-hydrogen) atoms. The summed E-state index contributed by atoms with van der Waals surface area (Å²) in [5.74, 6) is -0.376. The number of hydrogen-bond donors (Lipinski definition) is 0. The van der Waals surface area contributed by atoms with Crippen LogP contribution in [-0.4, -0.2) is 30.6 Å². The van der Waals surface area contributed by atoms with Crippen LogP contribution in [0.15, 0.2) is 23.3 Å². The first-order chi connectivity index (χ1) is 6.72. The molecule has 2 rings (SSSR count). The van der Waals surface area contributed by atoms with Crippen molar-refractivity contribution in [3.05, 3.63) is 23.3 Å². The van der Waals surface area contributed by atoms with Gasteiger partial charge in [-0.05, 0) is 12.2 Å². The third kappa shape index (κ3) is 1.33. The Hall–Kier alpha value is -1.55. The van der Waals surface area contributed by atoms with E-state index in [4.69, 9.17) is 4.74 Å². The van der Waals surface area contributed by atoms with Gasteiger partial charge in [-0.2, -0.15) is 0 Å². The van der Waals surface area contributed by atoms with Crippen LogP contribution in [0, 0.1) is 0 Å². The van der Waals surface area contributed by atoms with Crippen molar-refractivity contribution >= 4 is 17.9 Å². The van der Waals surface area contributed by atoms with Gasteiger partial charge in [-0.25, -0.2) is 0 Å². The summed E-state index contributed by atoms with van der Waals surface area (Å²) < 4.78 is 5.08. The van der Waals surface area contributed by atoms with Crippen LogP contribution in [-0.2, 0) is 19.1 Å². The summed E-state index contributed by atoms with van der Waals surface area (Å²) in [6, 6.07) is 0. The largest absolute Gasteiger partial charge is 0.366 e. The zero-order valence-corrected chi connectivity index (χ0v) is 7.36. The Balaban J connectivity index is 2.35. The highest BCUT2D eigenvalue weighted by Crippen LogP contribution is 2.24. The van der Waals surface area contributed by atoms with Crippen molar-refractivity contribution in [1.29, 1.82) is 0 Å². The molecule has 1 aliphatic carbocycles. The average Bonchev–Trinajstić information content (AvgIpc) is 2.23. The molecule has 0 saturated carbocycles. The normalized spacial score (nSPS) is 26.4. The summed E-state index contributed by atoms with van der Waals surface area (Å²) >= 11 is 0. The smallest absolute Gasteiger partial charge is 0.184 e. The van der Waals surface area contributed by atoms with E-state index in [2.05, 4.69) is 0 Å². The number of rotatable bonds is 1. The van der Waals surface area contributed by atoms with Crippen LogP contribution in [0.4, 0.5) is 0 Å². The first-order valence-corrected chi connectivity index (χ1v) is 4.28. The Bertz CT molecular complexity index is 376. The predicted molar refractivity (Wildman–Crippen MR) is 46.6 cm³/mol. The second-order valence-corrected chi connectivity index (χ2v) is 3.21. The van der Waals surface area contributed by atoms with Crippen molar-refractivity contribution in [2.75, 3.05) is 6.61 Å². The fourth-order valence-corrected chi connectivity index (χ4v) is 1.57. The number of carbonyl (C=O) groups excluding carboxylic acids is 3. The van der Waals surface area contributed by atoms with E-state index in [-0.39, 0.29) is 24.6 Å². The standard InChI is InChI=1S/C10H8O4/c11-4-6-3-7-8(5-14-6)10(13)2-1-9(7)12/h1-2,4,6H,3,5H2. The van der Waals surface area contributed by atoms with E-state index in [0.29, 0.717) is 17.4 Å². The molecular weight excluding hydrogens is 184 g/mol. The Kier molecular flexibility index (Phi) is 2.13. The summed E-state index contributed by atoms with van der Waals surface area (Å²) in [4.78, 5) is 33.1. The molecule has 4 heteroatoms. The van der Waals surface area contributed by atoms with Gasteiger partial charge in [-0.3, -0.25) is 9.59 Å². The van der Waals surface area contributed by atoms with Crippen LogP contribution < -0.4 is 0 Å². The molecule has 2 aliphatic rings. The maximum atomic E-state index is 11.4. The zero-order valence-electron chi connectivity index (χ0n) is 7.36. The van der Waals surface area contributed by atoms with Crippen LogP contribution in [0.3, 0.4) is 0 Å². The monoisotopic (exact) mass is 192 g/mol. The molecule has 1 aliphatic heterocycles. The zero-order chi connectivity index (χ0) is 10.1. The molecule has 4 nitrogen and oxygen atoms in total. The first kappa shape index (κ1) is 9.02. The van der Waals surface area contributed by atoms with Gasteiger partial charge >= 0.3 is 0 Å². The molecule has 0 bridgehead atoms. The van der Waals surface area contributed by atoms with E-state index in [1.807, 2.05) is 0 Å². The highest BCUT2D eigenvalue weighted by molar-refractivity contribution is 6.20. The number of allylic oxidation sites excluding steroid dienone is 2. The van der Waals surface area contributed by atoms with Crippen molar-refractivity contribution in [3.8, 4) is 0 Å². The Morgan fingerprint density at radius 3 is 2.50 bits per heavy atom. The molecule has 1 heterocycles. The molecule has 72 valence electrons.